The second kappa shape index (κ2) is 7.17. The lowest BCUT2D eigenvalue weighted by Crippen LogP contribution is -2.31. The lowest BCUT2D eigenvalue weighted by Gasteiger charge is -2.14. The minimum Gasteiger partial charge on any atom is -0.337 e. The molecule has 1 rings (SSSR count). The third-order valence-electron chi connectivity index (χ3n) is 2.62. The van der Waals surface area contributed by atoms with Crippen molar-refractivity contribution in [3.05, 3.63) is 29.3 Å². The highest BCUT2D eigenvalue weighted by Crippen LogP contribution is 2.22. The number of anilines is 1. The van der Waals surface area contributed by atoms with E-state index in [2.05, 4.69) is 24.5 Å². The minimum atomic E-state index is -0.193. The summed E-state index contributed by atoms with van der Waals surface area (Å²) in [5.74, 6) is 0.420. The van der Waals surface area contributed by atoms with Gasteiger partial charge in [0.05, 0.1) is 0 Å². The van der Waals surface area contributed by atoms with Gasteiger partial charge in [0.25, 0.3) is 0 Å². The largest absolute Gasteiger partial charge is 0.337 e. The fraction of sp³-hybridized carbons (Fsp3) is 0.462. The van der Waals surface area contributed by atoms with Crippen LogP contribution < -0.4 is 10.6 Å². The van der Waals surface area contributed by atoms with Gasteiger partial charge in [-0.05, 0) is 24.0 Å². The normalized spacial score (nSPS) is 10.1. The summed E-state index contributed by atoms with van der Waals surface area (Å²) in [4.78, 5) is 11.6. The molecule has 0 aliphatic carbocycles. The van der Waals surface area contributed by atoms with E-state index in [-0.39, 0.29) is 6.03 Å². The van der Waals surface area contributed by atoms with Crippen LogP contribution >= 0.6 is 11.6 Å². The van der Waals surface area contributed by atoms with Crippen LogP contribution in [0.1, 0.15) is 25.0 Å². The number of rotatable bonds is 5. The van der Waals surface area contributed by atoms with Crippen molar-refractivity contribution in [3.63, 3.8) is 0 Å². The number of amides is 2. The van der Waals surface area contributed by atoms with Crippen LogP contribution in [0.3, 0.4) is 0 Å². The van der Waals surface area contributed by atoms with Gasteiger partial charge in [-0.15, -0.1) is 11.6 Å². The Labute approximate surface area is 108 Å². The summed E-state index contributed by atoms with van der Waals surface area (Å²) in [6.07, 6.45) is 1.80. The van der Waals surface area contributed by atoms with Crippen LogP contribution in [0.2, 0.25) is 0 Å². The SMILES string of the molecule is CCc1cccc(CC)c1NC(=O)NCCCl. The smallest absolute Gasteiger partial charge is 0.319 e. The van der Waals surface area contributed by atoms with E-state index in [0.29, 0.717) is 12.4 Å². The summed E-state index contributed by atoms with van der Waals surface area (Å²) in [5.41, 5.74) is 3.25. The molecule has 0 spiro atoms. The second-order valence-corrected chi connectivity index (χ2v) is 4.11. The summed E-state index contributed by atoms with van der Waals surface area (Å²) < 4.78 is 0. The predicted octanol–water partition coefficient (Wildman–Crippen LogP) is 3.17. The molecular weight excluding hydrogens is 236 g/mol. The van der Waals surface area contributed by atoms with Crippen molar-refractivity contribution < 1.29 is 4.79 Å². The molecule has 17 heavy (non-hydrogen) atoms. The van der Waals surface area contributed by atoms with Gasteiger partial charge in [0, 0.05) is 18.1 Å². The van der Waals surface area contributed by atoms with E-state index in [1.165, 1.54) is 0 Å². The number of urea groups is 1. The molecule has 2 amide bonds. The molecule has 2 N–H and O–H groups in total. The first-order chi connectivity index (χ1) is 8.22. The Kier molecular flexibility index (Phi) is 5.84. The van der Waals surface area contributed by atoms with Crippen LogP contribution in [0, 0.1) is 0 Å². The van der Waals surface area contributed by atoms with Crippen molar-refractivity contribution in [2.45, 2.75) is 26.7 Å². The molecule has 0 aliphatic heterocycles. The molecule has 0 aliphatic rings. The van der Waals surface area contributed by atoms with Gasteiger partial charge in [-0.1, -0.05) is 32.0 Å². The van der Waals surface area contributed by atoms with Gasteiger partial charge in [-0.25, -0.2) is 4.79 Å². The molecular formula is C13H19ClN2O. The molecule has 0 unspecified atom stereocenters. The Morgan fingerprint density at radius 1 is 1.24 bits per heavy atom. The standard InChI is InChI=1S/C13H19ClN2O/c1-3-10-6-5-7-11(4-2)12(10)16-13(17)15-9-8-14/h5-7H,3-4,8-9H2,1-2H3,(H2,15,16,17). The third-order valence-corrected chi connectivity index (χ3v) is 2.81. The summed E-state index contributed by atoms with van der Waals surface area (Å²) in [5, 5.41) is 5.61. The molecule has 0 atom stereocenters. The van der Waals surface area contributed by atoms with Gasteiger partial charge in [-0.3, -0.25) is 0 Å². The molecule has 0 heterocycles. The van der Waals surface area contributed by atoms with E-state index in [9.17, 15) is 4.79 Å². The van der Waals surface area contributed by atoms with E-state index in [4.69, 9.17) is 11.6 Å². The van der Waals surface area contributed by atoms with Crippen LogP contribution in [0.4, 0.5) is 10.5 Å². The average Bonchev–Trinajstić information content (AvgIpc) is 2.36. The van der Waals surface area contributed by atoms with Gasteiger partial charge in [0.1, 0.15) is 0 Å². The van der Waals surface area contributed by atoms with Crippen molar-refractivity contribution in [3.8, 4) is 0 Å². The number of nitrogens with one attached hydrogen (secondary N) is 2. The molecule has 4 heteroatoms. The summed E-state index contributed by atoms with van der Waals surface area (Å²) in [6.45, 7) is 4.64. The molecule has 0 aromatic heterocycles. The molecule has 1 aromatic carbocycles. The van der Waals surface area contributed by atoms with Crippen LogP contribution in [0.5, 0.6) is 0 Å². The second-order valence-electron chi connectivity index (χ2n) is 3.73. The van der Waals surface area contributed by atoms with Crippen molar-refractivity contribution >= 4 is 23.3 Å². The fourth-order valence-corrected chi connectivity index (χ4v) is 1.82. The molecule has 0 saturated heterocycles. The Morgan fingerprint density at radius 3 is 2.29 bits per heavy atom. The van der Waals surface area contributed by atoms with Gasteiger partial charge in [0.15, 0.2) is 0 Å². The Balaban J connectivity index is 2.83. The monoisotopic (exact) mass is 254 g/mol. The Morgan fingerprint density at radius 2 is 1.82 bits per heavy atom. The topological polar surface area (TPSA) is 41.1 Å². The first-order valence-corrected chi connectivity index (χ1v) is 6.47. The zero-order chi connectivity index (χ0) is 12.7. The molecule has 0 radical (unpaired) electrons. The first-order valence-electron chi connectivity index (χ1n) is 5.94. The fourth-order valence-electron chi connectivity index (χ4n) is 1.72. The minimum absolute atomic E-state index is 0.193. The van der Waals surface area contributed by atoms with Gasteiger partial charge in [-0.2, -0.15) is 0 Å². The maximum atomic E-state index is 11.6. The van der Waals surface area contributed by atoms with Crippen LogP contribution in [-0.4, -0.2) is 18.5 Å². The molecule has 94 valence electrons. The van der Waals surface area contributed by atoms with E-state index in [0.717, 1.165) is 29.7 Å². The van der Waals surface area contributed by atoms with Gasteiger partial charge in [0.2, 0.25) is 0 Å². The van der Waals surface area contributed by atoms with E-state index in [1.807, 2.05) is 18.2 Å². The number of para-hydroxylation sites is 1. The number of hydrogen-bond acceptors (Lipinski definition) is 1. The highest BCUT2D eigenvalue weighted by atomic mass is 35.5. The zero-order valence-electron chi connectivity index (χ0n) is 10.3. The number of carbonyl (C=O) groups excluding carboxylic acids is 1. The lowest BCUT2D eigenvalue weighted by molar-refractivity contribution is 0.252. The molecule has 1 aromatic rings. The number of halogens is 1. The predicted molar refractivity (Wildman–Crippen MR) is 72.9 cm³/mol. The average molecular weight is 255 g/mol. The Bertz CT molecular complexity index is 357. The van der Waals surface area contributed by atoms with Crippen molar-refractivity contribution in [1.82, 2.24) is 5.32 Å². The first kappa shape index (κ1) is 13.8. The number of benzene rings is 1. The van der Waals surface area contributed by atoms with Crippen molar-refractivity contribution in [1.29, 1.82) is 0 Å². The quantitative estimate of drug-likeness (QED) is 0.779. The highest BCUT2D eigenvalue weighted by molar-refractivity contribution is 6.18. The molecule has 3 nitrogen and oxygen atoms in total. The zero-order valence-corrected chi connectivity index (χ0v) is 11.1. The molecule has 0 saturated carbocycles. The number of alkyl halides is 1. The molecule has 0 fully saturated rings. The van der Waals surface area contributed by atoms with E-state index in [1.54, 1.807) is 0 Å². The van der Waals surface area contributed by atoms with Crippen LogP contribution in [0.15, 0.2) is 18.2 Å². The Hall–Kier alpha value is -1.22. The summed E-state index contributed by atoms with van der Waals surface area (Å²) >= 11 is 5.52. The highest BCUT2D eigenvalue weighted by Gasteiger charge is 2.08. The van der Waals surface area contributed by atoms with Gasteiger partial charge < -0.3 is 10.6 Å². The van der Waals surface area contributed by atoms with E-state index >= 15 is 0 Å². The van der Waals surface area contributed by atoms with Gasteiger partial charge >= 0.3 is 6.03 Å². The number of hydrogen-bond donors (Lipinski definition) is 2. The maximum Gasteiger partial charge on any atom is 0.319 e. The van der Waals surface area contributed by atoms with Crippen LogP contribution in [0.25, 0.3) is 0 Å². The number of carbonyl (C=O) groups is 1. The summed E-state index contributed by atoms with van der Waals surface area (Å²) in [6, 6.07) is 5.91. The molecule has 0 bridgehead atoms. The third kappa shape index (κ3) is 3.93. The van der Waals surface area contributed by atoms with Crippen molar-refractivity contribution in [2.24, 2.45) is 0 Å². The maximum absolute atomic E-state index is 11.6. The van der Waals surface area contributed by atoms with E-state index < -0.39 is 0 Å². The number of aryl methyl sites for hydroxylation is 2. The summed E-state index contributed by atoms with van der Waals surface area (Å²) in [7, 11) is 0. The van der Waals surface area contributed by atoms with Crippen molar-refractivity contribution in [2.75, 3.05) is 17.7 Å². The van der Waals surface area contributed by atoms with Crippen LogP contribution in [-0.2, 0) is 12.8 Å². The lowest BCUT2D eigenvalue weighted by atomic mass is 10.0.